The second-order valence-corrected chi connectivity index (χ2v) is 6.85. The SMILES string of the molecule is COc1ccc(C(=O)N2CC(CCl)OC(C)(C)C2)cc1Br. The number of alkyl halides is 1. The third-order valence-corrected chi connectivity index (χ3v) is 4.30. The fourth-order valence-corrected chi connectivity index (χ4v) is 3.21. The number of carbonyl (C=O) groups excluding carboxylic acids is 1. The number of morpholine rings is 1. The molecular formula is C15H19BrClNO3. The molecule has 4 nitrogen and oxygen atoms in total. The first kappa shape index (κ1) is 16.6. The smallest absolute Gasteiger partial charge is 0.254 e. The van der Waals surface area contributed by atoms with E-state index in [0.717, 1.165) is 4.47 Å². The molecule has 2 rings (SSSR count). The van der Waals surface area contributed by atoms with Gasteiger partial charge in [0.1, 0.15) is 5.75 Å². The van der Waals surface area contributed by atoms with Crippen LogP contribution in [-0.4, -0.2) is 48.6 Å². The van der Waals surface area contributed by atoms with E-state index in [-0.39, 0.29) is 12.0 Å². The summed E-state index contributed by atoms with van der Waals surface area (Å²) in [7, 11) is 1.59. The monoisotopic (exact) mass is 375 g/mol. The zero-order valence-electron chi connectivity index (χ0n) is 12.4. The summed E-state index contributed by atoms with van der Waals surface area (Å²) in [6, 6.07) is 5.32. The van der Waals surface area contributed by atoms with Crippen LogP contribution in [0.3, 0.4) is 0 Å². The van der Waals surface area contributed by atoms with Crippen molar-refractivity contribution in [2.45, 2.75) is 25.6 Å². The first-order valence-corrected chi connectivity index (χ1v) is 8.05. The van der Waals surface area contributed by atoms with Crippen LogP contribution < -0.4 is 4.74 Å². The largest absolute Gasteiger partial charge is 0.496 e. The number of methoxy groups -OCH3 is 1. The minimum absolute atomic E-state index is 0.0233. The number of ether oxygens (including phenoxy) is 2. The van der Waals surface area contributed by atoms with Crippen molar-refractivity contribution in [2.24, 2.45) is 0 Å². The first-order chi connectivity index (χ1) is 9.86. The van der Waals surface area contributed by atoms with Crippen LogP contribution in [0.5, 0.6) is 5.75 Å². The second-order valence-electron chi connectivity index (χ2n) is 5.69. The summed E-state index contributed by atoms with van der Waals surface area (Å²) >= 11 is 9.31. The van der Waals surface area contributed by atoms with Crippen LogP contribution in [-0.2, 0) is 4.74 Å². The number of benzene rings is 1. The Hall–Kier alpha value is -0.780. The zero-order chi connectivity index (χ0) is 15.6. The lowest BCUT2D eigenvalue weighted by Gasteiger charge is -2.42. The van der Waals surface area contributed by atoms with Gasteiger partial charge in [-0.15, -0.1) is 11.6 Å². The summed E-state index contributed by atoms with van der Waals surface area (Å²) in [5, 5.41) is 0. The molecule has 1 amide bonds. The molecule has 1 heterocycles. The molecule has 1 unspecified atom stereocenters. The van der Waals surface area contributed by atoms with Gasteiger partial charge in [0.2, 0.25) is 0 Å². The Bertz CT molecular complexity index is 536. The lowest BCUT2D eigenvalue weighted by Crippen LogP contribution is -2.55. The van der Waals surface area contributed by atoms with E-state index in [4.69, 9.17) is 21.1 Å². The van der Waals surface area contributed by atoms with Crippen molar-refractivity contribution in [2.75, 3.05) is 26.1 Å². The molecule has 21 heavy (non-hydrogen) atoms. The fraction of sp³-hybridized carbons (Fsp3) is 0.533. The molecule has 1 aromatic carbocycles. The van der Waals surface area contributed by atoms with Crippen molar-refractivity contribution in [1.82, 2.24) is 4.90 Å². The summed E-state index contributed by atoms with van der Waals surface area (Å²) in [6.45, 7) is 4.99. The normalized spacial score (nSPS) is 21.2. The molecule has 116 valence electrons. The maximum absolute atomic E-state index is 12.7. The topological polar surface area (TPSA) is 38.8 Å². The molecule has 0 radical (unpaired) electrons. The highest BCUT2D eigenvalue weighted by atomic mass is 79.9. The van der Waals surface area contributed by atoms with Gasteiger partial charge in [-0.2, -0.15) is 0 Å². The number of nitrogens with zero attached hydrogens (tertiary/aromatic N) is 1. The number of halogens is 2. The summed E-state index contributed by atoms with van der Waals surface area (Å²) in [5.41, 5.74) is 0.227. The van der Waals surface area contributed by atoms with Crippen molar-refractivity contribution in [3.63, 3.8) is 0 Å². The number of hydrogen-bond acceptors (Lipinski definition) is 3. The van der Waals surface area contributed by atoms with Crippen LogP contribution in [0.4, 0.5) is 0 Å². The van der Waals surface area contributed by atoms with Crippen LogP contribution in [0.1, 0.15) is 24.2 Å². The molecule has 1 aliphatic heterocycles. The third-order valence-electron chi connectivity index (χ3n) is 3.34. The van der Waals surface area contributed by atoms with Crippen molar-refractivity contribution in [1.29, 1.82) is 0 Å². The highest BCUT2D eigenvalue weighted by Crippen LogP contribution is 2.28. The van der Waals surface area contributed by atoms with Gasteiger partial charge in [0.05, 0.1) is 29.2 Å². The Labute approximate surface area is 138 Å². The van der Waals surface area contributed by atoms with E-state index in [2.05, 4.69) is 15.9 Å². The van der Waals surface area contributed by atoms with Gasteiger partial charge in [-0.3, -0.25) is 4.79 Å². The van der Waals surface area contributed by atoms with Crippen molar-refractivity contribution < 1.29 is 14.3 Å². The quantitative estimate of drug-likeness (QED) is 0.760. The van der Waals surface area contributed by atoms with E-state index in [1.165, 1.54) is 0 Å². The Morgan fingerprint density at radius 1 is 1.57 bits per heavy atom. The fourth-order valence-electron chi connectivity index (χ4n) is 2.51. The average molecular weight is 377 g/mol. The lowest BCUT2D eigenvalue weighted by atomic mass is 10.0. The predicted octanol–water partition coefficient (Wildman–Crippen LogP) is 3.32. The maximum atomic E-state index is 12.7. The highest BCUT2D eigenvalue weighted by molar-refractivity contribution is 9.10. The molecule has 1 aromatic rings. The second kappa shape index (κ2) is 6.55. The van der Waals surface area contributed by atoms with Crippen molar-refractivity contribution in [3.8, 4) is 5.75 Å². The van der Waals surface area contributed by atoms with Crippen LogP contribution >= 0.6 is 27.5 Å². The Morgan fingerprint density at radius 3 is 2.86 bits per heavy atom. The molecule has 0 saturated carbocycles. The van der Waals surface area contributed by atoms with Gasteiger partial charge in [0, 0.05) is 18.7 Å². The minimum Gasteiger partial charge on any atom is -0.496 e. The van der Waals surface area contributed by atoms with Crippen LogP contribution in [0.15, 0.2) is 22.7 Å². The van der Waals surface area contributed by atoms with E-state index in [9.17, 15) is 4.79 Å². The molecule has 1 atom stereocenters. The lowest BCUT2D eigenvalue weighted by molar-refractivity contribution is -0.117. The minimum atomic E-state index is -0.392. The van der Waals surface area contributed by atoms with Crippen molar-refractivity contribution in [3.05, 3.63) is 28.2 Å². The van der Waals surface area contributed by atoms with Crippen LogP contribution in [0.25, 0.3) is 0 Å². The van der Waals surface area contributed by atoms with Gasteiger partial charge in [0.25, 0.3) is 5.91 Å². The molecule has 0 aromatic heterocycles. The molecule has 0 bridgehead atoms. The summed E-state index contributed by atoms with van der Waals surface area (Å²) in [5.74, 6) is 1.05. The van der Waals surface area contributed by atoms with E-state index >= 15 is 0 Å². The third kappa shape index (κ3) is 3.90. The van der Waals surface area contributed by atoms with Gasteiger partial charge in [-0.25, -0.2) is 0 Å². The molecule has 6 heteroatoms. The van der Waals surface area contributed by atoms with Gasteiger partial charge in [-0.1, -0.05) is 0 Å². The Morgan fingerprint density at radius 2 is 2.29 bits per heavy atom. The average Bonchev–Trinajstić information content (AvgIpc) is 2.44. The van der Waals surface area contributed by atoms with Gasteiger partial charge in [-0.05, 0) is 48.0 Å². The molecule has 0 spiro atoms. The Balaban J connectivity index is 2.20. The molecule has 0 aliphatic carbocycles. The molecule has 1 aliphatic rings. The van der Waals surface area contributed by atoms with Crippen molar-refractivity contribution >= 4 is 33.4 Å². The molecular weight excluding hydrogens is 358 g/mol. The zero-order valence-corrected chi connectivity index (χ0v) is 14.7. The molecule has 0 N–H and O–H groups in total. The highest BCUT2D eigenvalue weighted by Gasteiger charge is 2.35. The molecule has 1 fully saturated rings. The number of carbonyl (C=O) groups is 1. The number of amides is 1. The van der Waals surface area contributed by atoms with Gasteiger partial charge >= 0.3 is 0 Å². The number of hydrogen-bond donors (Lipinski definition) is 0. The van der Waals surface area contributed by atoms with E-state index in [1.54, 1.807) is 30.2 Å². The molecule has 1 saturated heterocycles. The van der Waals surface area contributed by atoms with Gasteiger partial charge in [0.15, 0.2) is 0 Å². The van der Waals surface area contributed by atoms with E-state index in [1.807, 2.05) is 13.8 Å². The van der Waals surface area contributed by atoms with Crippen LogP contribution in [0, 0.1) is 0 Å². The van der Waals surface area contributed by atoms with Crippen LogP contribution in [0.2, 0.25) is 0 Å². The Kier molecular flexibility index (Phi) is 5.17. The summed E-state index contributed by atoms with van der Waals surface area (Å²) in [4.78, 5) is 14.5. The maximum Gasteiger partial charge on any atom is 0.254 e. The van der Waals surface area contributed by atoms with E-state index in [0.29, 0.717) is 30.3 Å². The first-order valence-electron chi connectivity index (χ1n) is 6.73. The van der Waals surface area contributed by atoms with Gasteiger partial charge < -0.3 is 14.4 Å². The standard InChI is InChI=1S/C15H19BrClNO3/c1-15(2)9-18(8-11(7-17)21-15)14(19)10-4-5-13(20-3)12(16)6-10/h4-6,11H,7-9H2,1-3H3. The summed E-state index contributed by atoms with van der Waals surface area (Å²) in [6.07, 6.45) is -0.138. The predicted molar refractivity (Wildman–Crippen MR) is 86.3 cm³/mol. The number of rotatable bonds is 3. The van der Waals surface area contributed by atoms with E-state index < -0.39 is 5.60 Å². The summed E-state index contributed by atoms with van der Waals surface area (Å²) < 4.78 is 11.8.